The van der Waals surface area contributed by atoms with Crippen LogP contribution >= 0.6 is 0 Å². The Morgan fingerprint density at radius 1 is 1.53 bits per heavy atom. The molecule has 1 aromatic rings. The SMILES string of the molecule is C#CCN(CCC)C(=O)c1cccc([N+](=O)[O-])c1C. The smallest absolute Gasteiger partial charge is 0.273 e. The van der Waals surface area contributed by atoms with Crippen molar-refractivity contribution in [3.8, 4) is 12.3 Å². The third kappa shape index (κ3) is 3.32. The molecule has 100 valence electrons. The summed E-state index contributed by atoms with van der Waals surface area (Å²) in [6.45, 7) is 4.25. The van der Waals surface area contributed by atoms with Gasteiger partial charge in [-0.2, -0.15) is 0 Å². The van der Waals surface area contributed by atoms with Crippen molar-refractivity contribution in [3.05, 3.63) is 39.4 Å². The normalized spacial score (nSPS) is 9.74. The third-order valence-corrected chi connectivity index (χ3v) is 2.80. The van der Waals surface area contributed by atoms with Crippen molar-refractivity contribution in [1.29, 1.82) is 0 Å². The molecule has 0 saturated heterocycles. The van der Waals surface area contributed by atoms with Crippen LogP contribution in [0.25, 0.3) is 0 Å². The number of nitro benzene ring substituents is 1. The van der Waals surface area contributed by atoms with Crippen LogP contribution in [0.1, 0.15) is 29.3 Å². The number of hydrogen-bond donors (Lipinski definition) is 0. The lowest BCUT2D eigenvalue weighted by molar-refractivity contribution is -0.385. The van der Waals surface area contributed by atoms with Crippen LogP contribution in [-0.4, -0.2) is 28.8 Å². The van der Waals surface area contributed by atoms with E-state index < -0.39 is 4.92 Å². The van der Waals surface area contributed by atoms with E-state index in [0.717, 1.165) is 6.42 Å². The van der Waals surface area contributed by atoms with Crippen molar-refractivity contribution in [1.82, 2.24) is 4.90 Å². The highest BCUT2D eigenvalue weighted by atomic mass is 16.6. The first-order valence-corrected chi connectivity index (χ1v) is 5.99. The van der Waals surface area contributed by atoms with Crippen molar-refractivity contribution in [2.45, 2.75) is 20.3 Å². The van der Waals surface area contributed by atoms with Crippen LogP contribution < -0.4 is 0 Å². The third-order valence-electron chi connectivity index (χ3n) is 2.80. The topological polar surface area (TPSA) is 63.5 Å². The molecule has 5 heteroatoms. The second kappa shape index (κ2) is 6.55. The minimum Gasteiger partial charge on any atom is -0.328 e. The predicted molar refractivity (Wildman–Crippen MR) is 72.9 cm³/mol. The Kier molecular flexibility index (Phi) is 5.07. The summed E-state index contributed by atoms with van der Waals surface area (Å²) in [5.41, 5.74) is 0.650. The summed E-state index contributed by atoms with van der Waals surface area (Å²) in [4.78, 5) is 24.2. The van der Waals surface area contributed by atoms with Gasteiger partial charge >= 0.3 is 0 Å². The van der Waals surface area contributed by atoms with Crippen molar-refractivity contribution in [2.24, 2.45) is 0 Å². The van der Waals surface area contributed by atoms with Crippen LogP contribution in [0.4, 0.5) is 5.69 Å². The fraction of sp³-hybridized carbons (Fsp3) is 0.357. The van der Waals surface area contributed by atoms with E-state index in [1.54, 1.807) is 13.0 Å². The molecule has 0 atom stereocenters. The molecule has 0 N–H and O–H groups in total. The van der Waals surface area contributed by atoms with E-state index in [-0.39, 0.29) is 18.1 Å². The standard InChI is InChI=1S/C14H16N2O3/c1-4-9-15(10-5-2)14(17)12-7-6-8-13(11(12)3)16(18)19/h1,6-8H,5,9-10H2,2-3H3. The molecule has 0 fully saturated rings. The van der Waals surface area contributed by atoms with E-state index in [9.17, 15) is 14.9 Å². The van der Waals surface area contributed by atoms with Crippen LogP contribution in [0.3, 0.4) is 0 Å². The van der Waals surface area contributed by atoms with Gasteiger partial charge in [0.1, 0.15) is 0 Å². The molecule has 1 rings (SSSR count). The van der Waals surface area contributed by atoms with E-state index >= 15 is 0 Å². The van der Waals surface area contributed by atoms with Crippen LogP contribution in [0.2, 0.25) is 0 Å². The summed E-state index contributed by atoms with van der Waals surface area (Å²) in [6, 6.07) is 4.49. The number of nitrogens with zero attached hydrogens (tertiary/aromatic N) is 2. The number of amides is 1. The molecule has 0 spiro atoms. The second-order valence-corrected chi connectivity index (χ2v) is 4.14. The lowest BCUT2D eigenvalue weighted by Gasteiger charge is -2.20. The highest BCUT2D eigenvalue weighted by Gasteiger charge is 2.21. The molecule has 1 amide bonds. The fourth-order valence-corrected chi connectivity index (χ4v) is 1.86. The van der Waals surface area contributed by atoms with Crippen molar-refractivity contribution >= 4 is 11.6 Å². The number of benzene rings is 1. The second-order valence-electron chi connectivity index (χ2n) is 4.14. The van der Waals surface area contributed by atoms with Crippen LogP contribution in [0.15, 0.2) is 18.2 Å². The molecular formula is C14H16N2O3. The number of carbonyl (C=O) groups is 1. The molecule has 0 unspecified atom stereocenters. The summed E-state index contributed by atoms with van der Waals surface area (Å²) in [6.07, 6.45) is 6.02. The van der Waals surface area contributed by atoms with E-state index in [1.165, 1.54) is 17.0 Å². The molecule has 0 aliphatic carbocycles. The molecule has 5 nitrogen and oxygen atoms in total. The zero-order valence-electron chi connectivity index (χ0n) is 11.0. The average molecular weight is 260 g/mol. The molecule has 0 heterocycles. The maximum absolute atomic E-state index is 12.3. The van der Waals surface area contributed by atoms with Crippen LogP contribution in [0.5, 0.6) is 0 Å². The Bertz CT molecular complexity index is 532. The average Bonchev–Trinajstić information content (AvgIpc) is 2.37. The molecule has 1 aromatic carbocycles. The molecule has 0 saturated carbocycles. The molecule has 0 bridgehead atoms. The Balaban J connectivity index is 3.15. The van der Waals surface area contributed by atoms with Gasteiger partial charge in [-0.25, -0.2) is 0 Å². The Morgan fingerprint density at radius 3 is 2.74 bits per heavy atom. The van der Waals surface area contributed by atoms with Crippen molar-refractivity contribution in [2.75, 3.05) is 13.1 Å². The first-order chi connectivity index (χ1) is 9.02. The molecule has 19 heavy (non-hydrogen) atoms. The summed E-state index contributed by atoms with van der Waals surface area (Å²) in [5, 5.41) is 10.9. The monoisotopic (exact) mass is 260 g/mol. The lowest BCUT2D eigenvalue weighted by Crippen LogP contribution is -2.32. The van der Waals surface area contributed by atoms with Gasteiger partial charge in [0.15, 0.2) is 0 Å². The van der Waals surface area contributed by atoms with Gasteiger partial charge in [0.05, 0.1) is 11.5 Å². The minimum atomic E-state index is -0.489. The number of nitro groups is 1. The number of rotatable bonds is 5. The zero-order valence-corrected chi connectivity index (χ0v) is 11.0. The lowest BCUT2D eigenvalue weighted by atomic mass is 10.1. The van der Waals surface area contributed by atoms with Gasteiger partial charge in [0.25, 0.3) is 11.6 Å². The van der Waals surface area contributed by atoms with E-state index in [4.69, 9.17) is 6.42 Å². The predicted octanol–water partition coefficient (Wildman–Crippen LogP) is 2.39. The molecule has 0 radical (unpaired) electrons. The summed E-state index contributed by atoms with van der Waals surface area (Å²) < 4.78 is 0. The Morgan fingerprint density at radius 2 is 2.21 bits per heavy atom. The fourth-order valence-electron chi connectivity index (χ4n) is 1.86. The van der Waals surface area contributed by atoms with Gasteiger partial charge in [-0.05, 0) is 19.4 Å². The van der Waals surface area contributed by atoms with Gasteiger partial charge in [-0.3, -0.25) is 14.9 Å². The minimum absolute atomic E-state index is 0.0528. The van der Waals surface area contributed by atoms with Crippen molar-refractivity contribution < 1.29 is 9.72 Å². The number of terminal acetylenes is 1. The van der Waals surface area contributed by atoms with Crippen LogP contribution in [0, 0.1) is 29.4 Å². The van der Waals surface area contributed by atoms with Gasteiger partial charge < -0.3 is 4.90 Å². The van der Waals surface area contributed by atoms with Gasteiger partial charge in [-0.15, -0.1) is 6.42 Å². The zero-order chi connectivity index (χ0) is 14.4. The van der Waals surface area contributed by atoms with Gasteiger partial charge in [0.2, 0.25) is 0 Å². The number of hydrogen-bond acceptors (Lipinski definition) is 3. The largest absolute Gasteiger partial charge is 0.328 e. The van der Waals surface area contributed by atoms with E-state index in [0.29, 0.717) is 17.7 Å². The van der Waals surface area contributed by atoms with Crippen molar-refractivity contribution in [3.63, 3.8) is 0 Å². The maximum Gasteiger partial charge on any atom is 0.273 e. The highest BCUT2D eigenvalue weighted by Crippen LogP contribution is 2.22. The Hall–Kier alpha value is -2.35. The van der Waals surface area contributed by atoms with Crippen LogP contribution in [-0.2, 0) is 0 Å². The molecule has 0 aliphatic rings. The molecule has 0 aromatic heterocycles. The van der Waals surface area contributed by atoms with Gasteiger partial charge in [-0.1, -0.05) is 18.9 Å². The number of carbonyl (C=O) groups excluding carboxylic acids is 1. The van der Waals surface area contributed by atoms with E-state index in [1.807, 2.05) is 6.92 Å². The first-order valence-electron chi connectivity index (χ1n) is 5.99. The van der Waals surface area contributed by atoms with E-state index in [2.05, 4.69) is 5.92 Å². The molecular weight excluding hydrogens is 244 g/mol. The quantitative estimate of drug-likeness (QED) is 0.464. The summed E-state index contributed by atoms with van der Waals surface area (Å²) >= 11 is 0. The Labute approximate surface area is 112 Å². The first kappa shape index (κ1) is 14.7. The molecule has 0 aliphatic heterocycles. The highest BCUT2D eigenvalue weighted by molar-refractivity contribution is 5.96. The summed E-state index contributed by atoms with van der Waals surface area (Å²) in [5.74, 6) is 2.17. The van der Waals surface area contributed by atoms with Gasteiger partial charge in [0, 0.05) is 23.7 Å². The summed E-state index contributed by atoms with van der Waals surface area (Å²) in [7, 11) is 0. The maximum atomic E-state index is 12.3.